The van der Waals surface area contributed by atoms with Gasteiger partial charge in [-0.15, -0.1) is 0 Å². The molecule has 0 aromatic carbocycles. The van der Waals surface area contributed by atoms with Gasteiger partial charge in [-0.25, -0.2) is 0 Å². The zero-order valence-electron chi connectivity index (χ0n) is 4.34. The molecule has 0 radical (unpaired) electrons. The number of rotatable bonds is 0. The van der Waals surface area contributed by atoms with Gasteiger partial charge in [0.2, 0.25) is 0 Å². The molecular weight excluding hydrogens is 200 g/mol. The van der Waals surface area contributed by atoms with Crippen LogP contribution >= 0.6 is 0 Å². The van der Waals surface area contributed by atoms with Gasteiger partial charge in [-0.1, -0.05) is 0 Å². The van der Waals surface area contributed by atoms with Gasteiger partial charge in [-0.2, -0.15) is 0 Å². The van der Waals surface area contributed by atoms with Crippen LogP contribution < -0.4 is 10.2 Å². The zero-order chi connectivity index (χ0) is 6.57. The van der Waals surface area contributed by atoms with Crippen molar-refractivity contribution in [2.24, 2.45) is 0 Å². The van der Waals surface area contributed by atoms with Crippen LogP contribution in [0.15, 0.2) is 0 Å². The summed E-state index contributed by atoms with van der Waals surface area (Å²) in [5.74, 6) is -0.978. The Bertz CT molecular complexity index is 157. The summed E-state index contributed by atoms with van der Waals surface area (Å²) in [5, 5.41) is 18.7. The van der Waals surface area contributed by atoms with E-state index in [4.69, 9.17) is 0 Å². The van der Waals surface area contributed by atoms with Crippen molar-refractivity contribution >= 4 is 57.4 Å². The van der Waals surface area contributed by atoms with Crippen LogP contribution in [0.3, 0.4) is 0 Å². The van der Waals surface area contributed by atoms with Crippen molar-refractivity contribution in [1.29, 1.82) is 0 Å². The van der Waals surface area contributed by atoms with E-state index in [1.54, 1.807) is 0 Å². The van der Waals surface area contributed by atoms with Gasteiger partial charge in [-0.3, -0.25) is 0 Å². The molecule has 0 N–H and O–H groups in total. The predicted molar refractivity (Wildman–Crippen MR) is 23.5 cm³/mol. The molecule has 0 heterocycles. The molecule has 9 heavy (non-hydrogen) atoms. The van der Waals surface area contributed by atoms with Gasteiger partial charge in [-0.05, 0) is 11.8 Å². The van der Waals surface area contributed by atoms with E-state index in [-0.39, 0.29) is 45.5 Å². The van der Waals surface area contributed by atoms with Crippen LogP contribution in [0.1, 0.15) is 0 Å². The number of hydrogen-bond donors (Lipinski definition) is 0. The first-order valence-electron chi connectivity index (χ1n) is 1.57. The maximum Gasteiger partial charge on any atom is 2.00 e. The normalized spacial score (nSPS) is 5.78. The molecule has 5 heteroatoms. The van der Waals surface area contributed by atoms with Gasteiger partial charge in [0.15, 0.2) is 0 Å². The Labute approximate surface area is 88.1 Å². The Morgan fingerprint density at radius 2 is 1.22 bits per heavy atom. The molecule has 0 atom stereocenters. The third-order valence-corrected chi connectivity index (χ3v) is 0.267. The second-order valence-corrected chi connectivity index (χ2v) is 0.825. The largest absolute Gasteiger partial charge is 2.00 e. The van der Waals surface area contributed by atoms with Gasteiger partial charge < -0.3 is 19.8 Å². The predicted octanol–water partition coefficient (Wildman–Crippen LogP) is -3.89. The number of carboxylic acid groups (broad SMARTS) is 2. The fourth-order valence-corrected chi connectivity index (χ4v) is 0.102. The first kappa shape index (κ1) is 11.7. The average Bonchev–Trinajstić information content (AvgIpc) is 1.61. The third-order valence-electron chi connectivity index (χ3n) is 0.267. The van der Waals surface area contributed by atoms with Gasteiger partial charge >= 0.3 is 45.5 Å². The number of aliphatic carboxylic acids is 2. The van der Waals surface area contributed by atoms with E-state index in [9.17, 15) is 19.8 Å². The molecule has 0 aromatic rings. The minimum absolute atomic E-state index is 0. The second-order valence-electron chi connectivity index (χ2n) is 0.825. The fourth-order valence-electron chi connectivity index (χ4n) is 0.102. The summed E-state index contributed by atoms with van der Waals surface area (Å²) >= 11 is 0. The maximum atomic E-state index is 9.33. The minimum Gasteiger partial charge on any atom is -0.537 e. The van der Waals surface area contributed by atoms with Crippen molar-refractivity contribution in [3.8, 4) is 11.8 Å². The van der Waals surface area contributed by atoms with Crippen LogP contribution in [-0.4, -0.2) is 57.4 Å². The fraction of sp³-hybridized carbons (Fsp3) is 0. The molecule has 42 valence electrons. The molecule has 0 aliphatic rings. The standard InChI is InChI=1S/C4H2O4.Sr/c5-3(6)1-2-4(7)8;/h(H,5,6)(H,7,8);/q;+2/p-2. The van der Waals surface area contributed by atoms with Crippen LogP contribution in [0.4, 0.5) is 0 Å². The number of hydrogen-bond acceptors (Lipinski definition) is 4. The number of carbonyl (C=O) groups is 2. The minimum atomic E-state index is -1.73. The van der Waals surface area contributed by atoms with E-state index in [2.05, 4.69) is 0 Å². The molecule has 0 spiro atoms. The van der Waals surface area contributed by atoms with E-state index in [1.165, 1.54) is 11.8 Å². The monoisotopic (exact) mass is 200 g/mol. The summed E-state index contributed by atoms with van der Waals surface area (Å²) in [6, 6.07) is 0. The molecule has 0 saturated carbocycles. The molecule has 0 bridgehead atoms. The first-order chi connectivity index (χ1) is 3.63. The van der Waals surface area contributed by atoms with E-state index >= 15 is 0 Å². The molecule has 0 rings (SSSR count). The van der Waals surface area contributed by atoms with Crippen LogP contribution in [-0.2, 0) is 9.59 Å². The number of carboxylic acids is 2. The van der Waals surface area contributed by atoms with Crippen molar-refractivity contribution < 1.29 is 19.8 Å². The smallest absolute Gasteiger partial charge is 0.537 e. The van der Waals surface area contributed by atoms with E-state index in [0.29, 0.717) is 0 Å². The van der Waals surface area contributed by atoms with Crippen LogP contribution in [0, 0.1) is 11.8 Å². The SMILES string of the molecule is O=C([O-])C#CC(=O)[O-].[Sr+2]. The summed E-state index contributed by atoms with van der Waals surface area (Å²) < 4.78 is 0. The van der Waals surface area contributed by atoms with Gasteiger partial charge in [0, 0.05) is 0 Å². The van der Waals surface area contributed by atoms with Gasteiger partial charge in [0.25, 0.3) is 0 Å². The summed E-state index contributed by atoms with van der Waals surface area (Å²) in [5.41, 5.74) is 0. The molecule has 4 nitrogen and oxygen atoms in total. The molecule has 0 aromatic heterocycles. The molecule has 0 aliphatic heterocycles. The average molecular weight is 200 g/mol. The molecular formula is C4O4Sr. The zero-order valence-corrected chi connectivity index (χ0v) is 7.82. The van der Waals surface area contributed by atoms with Crippen LogP contribution in [0.2, 0.25) is 0 Å². The summed E-state index contributed by atoms with van der Waals surface area (Å²) in [6.07, 6.45) is 0. The number of carbonyl (C=O) groups excluding carboxylic acids is 2. The molecule has 0 amide bonds. The van der Waals surface area contributed by atoms with Crippen molar-refractivity contribution in [1.82, 2.24) is 0 Å². The Balaban J connectivity index is 0. The third kappa shape index (κ3) is 11.5. The maximum absolute atomic E-state index is 9.33. The van der Waals surface area contributed by atoms with E-state index in [0.717, 1.165) is 0 Å². The molecule has 0 saturated heterocycles. The van der Waals surface area contributed by atoms with Crippen molar-refractivity contribution in [2.45, 2.75) is 0 Å². The quantitative estimate of drug-likeness (QED) is 0.295. The van der Waals surface area contributed by atoms with Crippen molar-refractivity contribution in [3.63, 3.8) is 0 Å². The van der Waals surface area contributed by atoms with Crippen LogP contribution in [0.25, 0.3) is 0 Å². The van der Waals surface area contributed by atoms with E-state index < -0.39 is 11.9 Å². The van der Waals surface area contributed by atoms with Crippen molar-refractivity contribution in [2.75, 3.05) is 0 Å². The Hall–Kier alpha value is -0.0195. The molecule has 0 unspecified atom stereocenters. The Morgan fingerprint density at radius 1 is 1.00 bits per heavy atom. The molecule has 0 fully saturated rings. The van der Waals surface area contributed by atoms with Crippen molar-refractivity contribution in [3.05, 3.63) is 0 Å². The topological polar surface area (TPSA) is 80.3 Å². The van der Waals surface area contributed by atoms with E-state index in [1.807, 2.05) is 0 Å². The van der Waals surface area contributed by atoms with Gasteiger partial charge in [0.05, 0.1) is 0 Å². The molecule has 0 aliphatic carbocycles. The summed E-state index contributed by atoms with van der Waals surface area (Å²) in [7, 11) is 0. The summed E-state index contributed by atoms with van der Waals surface area (Å²) in [6.45, 7) is 0. The van der Waals surface area contributed by atoms with Crippen LogP contribution in [0.5, 0.6) is 0 Å². The Morgan fingerprint density at radius 3 is 1.33 bits per heavy atom. The Kier molecular flexibility index (Phi) is 7.96. The van der Waals surface area contributed by atoms with Gasteiger partial charge in [0.1, 0.15) is 11.9 Å². The summed E-state index contributed by atoms with van der Waals surface area (Å²) in [4.78, 5) is 18.7. The first-order valence-corrected chi connectivity index (χ1v) is 1.57. The second kappa shape index (κ2) is 6.11.